The number of rotatable bonds is 9. The van der Waals surface area contributed by atoms with E-state index in [1.165, 1.54) is 18.3 Å². The van der Waals surface area contributed by atoms with Gasteiger partial charge in [0.15, 0.2) is 5.96 Å². The molecule has 0 aliphatic carbocycles. The van der Waals surface area contributed by atoms with Gasteiger partial charge in [-0.15, -0.1) is 24.0 Å². The standard InChI is InChI=1S/C21H31N5O2S.HI/c1-5-26(19-10-6-8-17(2)14-19)13-12-24-21(22-3)25-16-18-9-7-11-20(15-18)29(27,28)23-4;/h6-11,14-15,23H,5,12-13,16H2,1-4H3,(H2,22,24,25);1H. The number of aryl methyl sites for hydroxylation is 1. The molecule has 166 valence electrons. The number of sulfonamides is 1. The van der Waals surface area contributed by atoms with Gasteiger partial charge in [-0.25, -0.2) is 13.1 Å². The Hall–Kier alpha value is -1.85. The maximum absolute atomic E-state index is 11.9. The van der Waals surface area contributed by atoms with Gasteiger partial charge in [0.05, 0.1) is 4.90 Å². The Bertz CT molecular complexity index is 934. The monoisotopic (exact) mass is 545 g/mol. The summed E-state index contributed by atoms with van der Waals surface area (Å²) in [6.45, 7) is 7.21. The quantitative estimate of drug-likeness (QED) is 0.257. The van der Waals surface area contributed by atoms with E-state index in [1.807, 2.05) is 6.07 Å². The van der Waals surface area contributed by atoms with E-state index in [0.717, 1.165) is 25.2 Å². The van der Waals surface area contributed by atoms with Crippen LogP contribution in [0.2, 0.25) is 0 Å². The average Bonchev–Trinajstić information content (AvgIpc) is 2.73. The summed E-state index contributed by atoms with van der Waals surface area (Å²) >= 11 is 0. The number of hydrogen-bond acceptors (Lipinski definition) is 4. The molecule has 0 amide bonds. The predicted molar refractivity (Wildman–Crippen MR) is 135 cm³/mol. The lowest BCUT2D eigenvalue weighted by Gasteiger charge is -2.24. The maximum atomic E-state index is 11.9. The van der Waals surface area contributed by atoms with Crippen LogP contribution < -0.4 is 20.3 Å². The highest BCUT2D eigenvalue weighted by Gasteiger charge is 2.11. The van der Waals surface area contributed by atoms with Gasteiger partial charge in [-0.05, 0) is 56.3 Å². The molecular formula is C21H32IN5O2S. The molecule has 30 heavy (non-hydrogen) atoms. The molecule has 0 fully saturated rings. The molecule has 0 aromatic heterocycles. The molecule has 7 nitrogen and oxygen atoms in total. The largest absolute Gasteiger partial charge is 0.370 e. The lowest BCUT2D eigenvalue weighted by Crippen LogP contribution is -2.41. The summed E-state index contributed by atoms with van der Waals surface area (Å²) < 4.78 is 26.2. The molecule has 2 rings (SSSR count). The Morgan fingerprint density at radius 1 is 1.10 bits per heavy atom. The lowest BCUT2D eigenvalue weighted by atomic mass is 10.2. The Balaban J connectivity index is 0.00000450. The highest BCUT2D eigenvalue weighted by molar-refractivity contribution is 14.0. The van der Waals surface area contributed by atoms with Crippen molar-refractivity contribution in [1.82, 2.24) is 15.4 Å². The Labute approximate surface area is 197 Å². The van der Waals surface area contributed by atoms with Crippen molar-refractivity contribution in [3.05, 3.63) is 59.7 Å². The molecule has 0 saturated carbocycles. The van der Waals surface area contributed by atoms with E-state index in [2.05, 4.69) is 63.4 Å². The van der Waals surface area contributed by atoms with Gasteiger partial charge in [0, 0.05) is 38.9 Å². The molecular weight excluding hydrogens is 513 g/mol. The van der Waals surface area contributed by atoms with Gasteiger partial charge in [-0.2, -0.15) is 0 Å². The number of nitrogens with one attached hydrogen (secondary N) is 3. The van der Waals surface area contributed by atoms with Gasteiger partial charge in [0.1, 0.15) is 0 Å². The van der Waals surface area contributed by atoms with Gasteiger partial charge < -0.3 is 15.5 Å². The van der Waals surface area contributed by atoms with Crippen LogP contribution in [0.4, 0.5) is 5.69 Å². The van der Waals surface area contributed by atoms with E-state index in [1.54, 1.807) is 25.2 Å². The molecule has 0 aliphatic heterocycles. The highest BCUT2D eigenvalue weighted by Crippen LogP contribution is 2.15. The molecule has 0 spiro atoms. The minimum absolute atomic E-state index is 0. The van der Waals surface area contributed by atoms with Crippen LogP contribution in [0.25, 0.3) is 0 Å². The van der Waals surface area contributed by atoms with E-state index in [-0.39, 0.29) is 28.9 Å². The second-order valence-electron chi connectivity index (χ2n) is 6.63. The number of aliphatic imine (C=N–C) groups is 1. The Kier molecular flexibility index (Phi) is 11.1. The summed E-state index contributed by atoms with van der Waals surface area (Å²) in [6.07, 6.45) is 0. The van der Waals surface area contributed by atoms with Gasteiger partial charge in [-0.3, -0.25) is 4.99 Å². The first-order valence-electron chi connectivity index (χ1n) is 9.68. The molecule has 9 heteroatoms. The summed E-state index contributed by atoms with van der Waals surface area (Å²) in [7, 11) is -0.327. The third kappa shape index (κ3) is 7.77. The van der Waals surface area contributed by atoms with Crippen molar-refractivity contribution in [2.45, 2.75) is 25.3 Å². The number of nitrogens with zero attached hydrogens (tertiary/aromatic N) is 2. The number of likely N-dealkylation sites (N-methyl/N-ethyl adjacent to an activating group) is 1. The van der Waals surface area contributed by atoms with Crippen molar-refractivity contribution in [2.24, 2.45) is 4.99 Å². The van der Waals surface area contributed by atoms with Crippen molar-refractivity contribution >= 4 is 45.6 Å². The van der Waals surface area contributed by atoms with Crippen molar-refractivity contribution in [3.8, 4) is 0 Å². The van der Waals surface area contributed by atoms with E-state index in [4.69, 9.17) is 0 Å². The molecule has 3 N–H and O–H groups in total. The third-order valence-electron chi connectivity index (χ3n) is 4.58. The third-order valence-corrected chi connectivity index (χ3v) is 6.00. The molecule has 0 atom stereocenters. The van der Waals surface area contributed by atoms with E-state index in [0.29, 0.717) is 12.5 Å². The van der Waals surface area contributed by atoms with Gasteiger partial charge in [-0.1, -0.05) is 24.3 Å². The van der Waals surface area contributed by atoms with Crippen LogP contribution in [0.15, 0.2) is 58.4 Å². The number of hydrogen-bond donors (Lipinski definition) is 3. The smallest absolute Gasteiger partial charge is 0.240 e. The molecule has 0 unspecified atom stereocenters. The second-order valence-corrected chi connectivity index (χ2v) is 8.51. The van der Waals surface area contributed by atoms with E-state index >= 15 is 0 Å². The fourth-order valence-electron chi connectivity index (χ4n) is 2.95. The van der Waals surface area contributed by atoms with Crippen LogP contribution in [-0.4, -0.2) is 48.1 Å². The number of halogens is 1. The van der Waals surface area contributed by atoms with E-state index in [9.17, 15) is 8.42 Å². The van der Waals surface area contributed by atoms with Crippen LogP contribution in [0.1, 0.15) is 18.1 Å². The lowest BCUT2D eigenvalue weighted by molar-refractivity contribution is 0.588. The molecule has 2 aromatic carbocycles. The number of anilines is 1. The van der Waals surface area contributed by atoms with Crippen molar-refractivity contribution in [3.63, 3.8) is 0 Å². The normalized spacial score (nSPS) is 11.5. The Morgan fingerprint density at radius 2 is 1.83 bits per heavy atom. The van der Waals surface area contributed by atoms with Gasteiger partial charge in [0.25, 0.3) is 0 Å². The molecule has 0 radical (unpaired) electrons. The van der Waals surface area contributed by atoms with Crippen molar-refractivity contribution in [1.29, 1.82) is 0 Å². The van der Waals surface area contributed by atoms with Crippen molar-refractivity contribution < 1.29 is 8.42 Å². The minimum Gasteiger partial charge on any atom is -0.370 e. The number of guanidine groups is 1. The van der Waals surface area contributed by atoms with Crippen LogP contribution in [0, 0.1) is 6.92 Å². The molecule has 0 bridgehead atoms. The summed E-state index contributed by atoms with van der Waals surface area (Å²) in [5, 5.41) is 6.54. The Morgan fingerprint density at radius 3 is 2.47 bits per heavy atom. The SMILES string of the molecule is CCN(CCNC(=NC)NCc1cccc(S(=O)(=O)NC)c1)c1cccc(C)c1.I. The first-order chi connectivity index (χ1) is 13.9. The zero-order valence-corrected chi connectivity index (χ0v) is 21.1. The summed E-state index contributed by atoms with van der Waals surface area (Å²) in [5.41, 5.74) is 3.31. The first kappa shape index (κ1) is 26.2. The predicted octanol–water partition coefficient (Wildman–Crippen LogP) is 2.71. The number of benzene rings is 2. The summed E-state index contributed by atoms with van der Waals surface area (Å²) in [5.74, 6) is 0.673. The van der Waals surface area contributed by atoms with E-state index < -0.39 is 10.0 Å². The topological polar surface area (TPSA) is 85.8 Å². The summed E-state index contributed by atoms with van der Waals surface area (Å²) in [6, 6.07) is 15.3. The first-order valence-corrected chi connectivity index (χ1v) is 11.2. The average molecular weight is 545 g/mol. The van der Waals surface area contributed by atoms with Gasteiger partial charge in [0.2, 0.25) is 10.0 Å². The molecule has 0 heterocycles. The fourth-order valence-corrected chi connectivity index (χ4v) is 3.75. The van der Waals surface area contributed by atoms with Gasteiger partial charge >= 0.3 is 0 Å². The van der Waals surface area contributed by atoms with Crippen LogP contribution in [0.5, 0.6) is 0 Å². The second kappa shape index (κ2) is 12.8. The fraction of sp³-hybridized carbons (Fsp3) is 0.381. The zero-order chi connectivity index (χ0) is 21.3. The minimum atomic E-state index is -3.45. The molecule has 2 aromatic rings. The molecule has 0 saturated heterocycles. The van der Waals surface area contributed by atoms with Crippen molar-refractivity contribution in [2.75, 3.05) is 38.6 Å². The molecule has 0 aliphatic rings. The zero-order valence-electron chi connectivity index (χ0n) is 18.0. The van der Waals surface area contributed by atoms with Crippen LogP contribution in [-0.2, 0) is 16.6 Å². The van der Waals surface area contributed by atoms with Crippen LogP contribution in [0.3, 0.4) is 0 Å². The summed E-state index contributed by atoms with van der Waals surface area (Å²) in [4.78, 5) is 6.80. The van der Waals surface area contributed by atoms with Crippen LogP contribution >= 0.6 is 24.0 Å². The maximum Gasteiger partial charge on any atom is 0.240 e. The highest BCUT2D eigenvalue weighted by atomic mass is 127.